The average Bonchev–Trinajstić information content (AvgIpc) is 2.76. The maximum atomic E-state index is 13.2. The number of carboxylic acids is 1. The second-order valence-corrected chi connectivity index (χ2v) is 10.5. The van der Waals surface area contributed by atoms with Crippen molar-refractivity contribution in [3.05, 3.63) is 0 Å². The molecule has 0 aromatic heterocycles. The minimum absolute atomic E-state index is 0.0761. The van der Waals surface area contributed by atoms with Crippen LogP contribution in [0.25, 0.3) is 0 Å². The maximum absolute atomic E-state index is 13.2. The fourth-order valence-electron chi connectivity index (χ4n) is 4.56. The number of hydrogen-bond acceptors (Lipinski definition) is 5. The molecule has 0 aromatic rings. The van der Waals surface area contributed by atoms with E-state index in [0.29, 0.717) is 45.2 Å². The smallest absolute Gasteiger partial charge is 0.408 e. The number of likely N-dealkylation sites (tertiary alicyclic amines) is 1. The van der Waals surface area contributed by atoms with Gasteiger partial charge in [-0.25, -0.2) is 9.59 Å². The van der Waals surface area contributed by atoms with Crippen LogP contribution in [0, 0.1) is 11.8 Å². The Bertz CT molecular complexity index is 718. The second-order valence-electron chi connectivity index (χ2n) is 10.5. The predicted molar refractivity (Wildman–Crippen MR) is 124 cm³/mol. The van der Waals surface area contributed by atoms with Crippen LogP contribution < -0.4 is 10.6 Å². The summed E-state index contributed by atoms with van der Waals surface area (Å²) in [6.07, 6.45) is 4.50. The summed E-state index contributed by atoms with van der Waals surface area (Å²) >= 11 is 0. The molecule has 0 radical (unpaired) electrons. The molecular formula is C24H41N3O6. The highest BCUT2D eigenvalue weighted by Crippen LogP contribution is 2.30. The Labute approximate surface area is 197 Å². The summed E-state index contributed by atoms with van der Waals surface area (Å²) in [5.74, 6) is -1.78. The van der Waals surface area contributed by atoms with Crippen molar-refractivity contribution in [1.82, 2.24) is 15.5 Å². The lowest BCUT2D eigenvalue weighted by atomic mass is 9.81. The van der Waals surface area contributed by atoms with Crippen molar-refractivity contribution in [2.45, 2.75) is 103 Å². The normalized spacial score (nSPS) is 20.9. The number of hydrogen-bond donors (Lipinski definition) is 3. The maximum Gasteiger partial charge on any atom is 0.408 e. The van der Waals surface area contributed by atoms with E-state index in [9.17, 15) is 24.3 Å². The van der Waals surface area contributed by atoms with E-state index in [1.54, 1.807) is 25.7 Å². The Morgan fingerprint density at radius 3 is 2.15 bits per heavy atom. The zero-order chi connectivity index (χ0) is 24.8. The van der Waals surface area contributed by atoms with Crippen molar-refractivity contribution < 1.29 is 29.0 Å². The molecule has 1 saturated carbocycles. The molecule has 0 unspecified atom stereocenters. The number of nitrogens with one attached hydrogen (secondary N) is 2. The van der Waals surface area contributed by atoms with Gasteiger partial charge in [-0.3, -0.25) is 9.59 Å². The Balaban J connectivity index is 1.96. The molecule has 2 rings (SSSR count). The molecule has 3 amide bonds. The van der Waals surface area contributed by atoms with Gasteiger partial charge in [-0.1, -0.05) is 39.5 Å². The van der Waals surface area contributed by atoms with Crippen LogP contribution in [0.2, 0.25) is 0 Å². The molecule has 188 valence electrons. The third kappa shape index (κ3) is 7.33. The van der Waals surface area contributed by atoms with Gasteiger partial charge in [0, 0.05) is 19.0 Å². The highest BCUT2D eigenvalue weighted by molar-refractivity contribution is 5.89. The number of piperidine rings is 1. The van der Waals surface area contributed by atoms with Crippen LogP contribution >= 0.6 is 0 Å². The number of aliphatic carboxylic acids is 1. The summed E-state index contributed by atoms with van der Waals surface area (Å²) in [5.41, 5.74) is -1.83. The average molecular weight is 468 g/mol. The van der Waals surface area contributed by atoms with E-state index < -0.39 is 29.2 Å². The molecule has 0 aromatic carbocycles. The summed E-state index contributed by atoms with van der Waals surface area (Å²) in [7, 11) is 0. The Morgan fingerprint density at radius 1 is 1.09 bits per heavy atom. The van der Waals surface area contributed by atoms with Gasteiger partial charge in [-0.05, 0) is 52.4 Å². The third-order valence-corrected chi connectivity index (χ3v) is 6.81. The SMILES string of the molecule is CC[C@H](C)[C@H](NC(=O)OC(C)(C)C)C(=O)N1CCC(C(=O)NC2(C(=O)O)CCCCC2)CC1. The van der Waals surface area contributed by atoms with Crippen molar-refractivity contribution >= 4 is 23.9 Å². The Kier molecular flexibility index (Phi) is 9.14. The van der Waals surface area contributed by atoms with Gasteiger partial charge in [0.25, 0.3) is 0 Å². The van der Waals surface area contributed by atoms with Gasteiger partial charge < -0.3 is 25.4 Å². The van der Waals surface area contributed by atoms with Crippen LogP contribution in [-0.2, 0) is 19.1 Å². The standard InChI is InChI=1S/C24H41N3O6/c1-6-16(2)18(25-22(32)33-23(3,4)5)20(29)27-14-10-17(11-15-27)19(28)26-24(21(30)31)12-8-7-9-13-24/h16-18H,6-15H2,1-5H3,(H,25,32)(H,26,28)(H,30,31)/t16-,18-/m0/s1. The summed E-state index contributed by atoms with van der Waals surface area (Å²) in [6.45, 7) is 9.95. The molecule has 2 aliphatic rings. The topological polar surface area (TPSA) is 125 Å². The van der Waals surface area contributed by atoms with Gasteiger partial charge in [0.2, 0.25) is 11.8 Å². The van der Waals surface area contributed by atoms with Gasteiger partial charge in [-0.2, -0.15) is 0 Å². The molecule has 2 fully saturated rings. The fraction of sp³-hybridized carbons (Fsp3) is 0.833. The largest absolute Gasteiger partial charge is 0.480 e. The molecule has 1 aliphatic carbocycles. The number of rotatable bonds is 7. The van der Waals surface area contributed by atoms with Crippen LogP contribution in [0.5, 0.6) is 0 Å². The Morgan fingerprint density at radius 2 is 1.67 bits per heavy atom. The number of carboxylic acid groups (broad SMARTS) is 1. The lowest BCUT2D eigenvalue weighted by Crippen LogP contribution is -2.58. The summed E-state index contributed by atoms with van der Waals surface area (Å²) in [6, 6.07) is -0.701. The second kappa shape index (κ2) is 11.2. The lowest BCUT2D eigenvalue weighted by molar-refractivity contribution is -0.150. The summed E-state index contributed by atoms with van der Waals surface area (Å²) < 4.78 is 5.33. The first-order valence-electron chi connectivity index (χ1n) is 12.2. The first kappa shape index (κ1) is 26.9. The first-order chi connectivity index (χ1) is 15.4. The van der Waals surface area contributed by atoms with Crippen LogP contribution in [0.1, 0.15) is 86.0 Å². The molecule has 2 atom stereocenters. The van der Waals surface area contributed by atoms with E-state index in [1.807, 2.05) is 13.8 Å². The first-order valence-corrected chi connectivity index (χ1v) is 12.2. The van der Waals surface area contributed by atoms with Gasteiger partial charge in [0.15, 0.2) is 0 Å². The van der Waals surface area contributed by atoms with E-state index in [4.69, 9.17) is 4.74 Å². The molecule has 0 bridgehead atoms. The van der Waals surface area contributed by atoms with Crippen LogP contribution in [0.4, 0.5) is 4.79 Å². The van der Waals surface area contributed by atoms with E-state index in [-0.39, 0.29) is 23.7 Å². The van der Waals surface area contributed by atoms with Crippen molar-refractivity contribution in [1.29, 1.82) is 0 Å². The van der Waals surface area contributed by atoms with Gasteiger partial charge in [0.05, 0.1) is 0 Å². The molecule has 9 nitrogen and oxygen atoms in total. The molecular weight excluding hydrogens is 426 g/mol. The minimum atomic E-state index is -1.17. The molecule has 1 aliphatic heterocycles. The van der Waals surface area contributed by atoms with E-state index in [1.165, 1.54) is 0 Å². The van der Waals surface area contributed by atoms with E-state index in [2.05, 4.69) is 10.6 Å². The number of ether oxygens (including phenoxy) is 1. The zero-order valence-corrected chi connectivity index (χ0v) is 20.7. The predicted octanol–water partition coefficient (Wildman–Crippen LogP) is 3.07. The minimum Gasteiger partial charge on any atom is -0.480 e. The Hall–Kier alpha value is -2.32. The van der Waals surface area contributed by atoms with Gasteiger partial charge in [0.1, 0.15) is 17.2 Å². The van der Waals surface area contributed by atoms with Crippen LogP contribution in [0.3, 0.4) is 0 Å². The fourth-order valence-corrected chi connectivity index (χ4v) is 4.56. The summed E-state index contributed by atoms with van der Waals surface area (Å²) in [5, 5.41) is 15.3. The molecule has 0 spiro atoms. The highest BCUT2D eigenvalue weighted by Gasteiger charge is 2.43. The van der Waals surface area contributed by atoms with Crippen molar-refractivity contribution in [3.8, 4) is 0 Å². The number of carbonyl (C=O) groups excluding carboxylic acids is 3. The van der Waals surface area contributed by atoms with Gasteiger partial charge >= 0.3 is 12.1 Å². The monoisotopic (exact) mass is 467 g/mol. The van der Waals surface area contributed by atoms with Gasteiger partial charge in [-0.15, -0.1) is 0 Å². The van der Waals surface area contributed by atoms with Crippen molar-refractivity contribution in [3.63, 3.8) is 0 Å². The molecule has 3 N–H and O–H groups in total. The van der Waals surface area contributed by atoms with Crippen molar-refractivity contribution in [2.24, 2.45) is 11.8 Å². The molecule has 9 heteroatoms. The van der Waals surface area contributed by atoms with Crippen LogP contribution in [-0.4, -0.2) is 64.2 Å². The molecule has 1 saturated heterocycles. The van der Waals surface area contributed by atoms with Crippen molar-refractivity contribution in [2.75, 3.05) is 13.1 Å². The summed E-state index contributed by atoms with van der Waals surface area (Å²) in [4.78, 5) is 51.9. The highest BCUT2D eigenvalue weighted by atomic mass is 16.6. The lowest BCUT2D eigenvalue weighted by Gasteiger charge is -2.38. The third-order valence-electron chi connectivity index (χ3n) is 6.81. The van der Waals surface area contributed by atoms with E-state index >= 15 is 0 Å². The number of nitrogens with zero attached hydrogens (tertiary/aromatic N) is 1. The number of alkyl carbamates (subject to hydrolysis) is 1. The van der Waals surface area contributed by atoms with Crippen LogP contribution in [0.15, 0.2) is 0 Å². The number of carbonyl (C=O) groups is 4. The molecule has 1 heterocycles. The quantitative estimate of drug-likeness (QED) is 0.528. The molecule has 33 heavy (non-hydrogen) atoms. The number of amides is 3. The zero-order valence-electron chi connectivity index (χ0n) is 20.7. The van der Waals surface area contributed by atoms with E-state index in [0.717, 1.165) is 19.3 Å².